The molecule has 0 saturated carbocycles. The molecule has 2 atom stereocenters. The number of aromatic nitrogens is 3. The standard InChI is InChI=1S/C29H28F4N6O5S/c1-43-28(42)37-6-4-16(13-37)17-9-20(38-7-5-29(32,33)15-38)26(34-12-17)44-18-10-21(27(40)41)39(14-18)23-11-19(22-3-2-8-45-22)35-25(36-23)24(30)31/h2-4,8-9,11-12,18,21,24H,5-7,10,13-15H2,1H3,(H,40,41)/t18-,21-/m0/s1. The van der Waals surface area contributed by atoms with Gasteiger partial charge in [0.15, 0.2) is 5.82 Å². The normalized spacial score (nSPS) is 21.0. The van der Waals surface area contributed by atoms with Gasteiger partial charge in [0.1, 0.15) is 23.7 Å². The maximum Gasteiger partial charge on any atom is 0.410 e. The van der Waals surface area contributed by atoms with Crippen LogP contribution in [0, 0.1) is 0 Å². The van der Waals surface area contributed by atoms with Crippen LogP contribution in [0.3, 0.4) is 0 Å². The highest BCUT2D eigenvalue weighted by Gasteiger charge is 2.42. The smallest absolute Gasteiger partial charge is 0.410 e. The summed E-state index contributed by atoms with van der Waals surface area (Å²) in [6.45, 7) is 0.00261. The van der Waals surface area contributed by atoms with Crippen LogP contribution in [0.5, 0.6) is 5.88 Å². The van der Waals surface area contributed by atoms with E-state index in [1.165, 1.54) is 45.4 Å². The molecular weight excluding hydrogens is 620 g/mol. The van der Waals surface area contributed by atoms with E-state index in [1.807, 2.05) is 6.08 Å². The summed E-state index contributed by atoms with van der Waals surface area (Å²) in [6, 6.07) is 5.43. The molecule has 3 aliphatic heterocycles. The van der Waals surface area contributed by atoms with Gasteiger partial charge in [-0.25, -0.2) is 42.1 Å². The highest BCUT2D eigenvalue weighted by atomic mass is 32.1. The molecule has 2 fully saturated rings. The highest BCUT2D eigenvalue weighted by Crippen LogP contribution is 2.39. The monoisotopic (exact) mass is 648 g/mol. The van der Waals surface area contributed by atoms with Crippen LogP contribution in [0.2, 0.25) is 0 Å². The van der Waals surface area contributed by atoms with Gasteiger partial charge in [0.25, 0.3) is 12.3 Å². The van der Waals surface area contributed by atoms with Crippen LogP contribution >= 0.6 is 11.3 Å². The van der Waals surface area contributed by atoms with Crippen LogP contribution in [0.15, 0.2) is 41.9 Å². The molecule has 6 heterocycles. The minimum absolute atomic E-state index is 0.00764. The number of hydrogen-bond donors (Lipinski definition) is 1. The summed E-state index contributed by atoms with van der Waals surface area (Å²) in [7, 11) is 1.28. The van der Waals surface area contributed by atoms with Gasteiger partial charge in [-0.05, 0) is 28.6 Å². The minimum Gasteiger partial charge on any atom is -0.480 e. The van der Waals surface area contributed by atoms with Crippen LogP contribution in [0.25, 0.3) is 16.1 Å². The molecule has 45 heavy (non-hydrogen) atoms. The second kappa shape index (κ2) is 12.1. The second-order valence-electron chi connectivity index (χ2n) is 10.9. The summed E-state index contributed by atoms with van der Waals surface area (Å²) in [5.74, 6) is -4.82. The molecule has 1 N–H and O–H groups in total. The number of carboxylic acid groups (broad SMARTS) is 1. The van der Waals surface area contributed by atoms with Gasteiger partial charge in [-0.15, -0.1) is 11.3 Å². The Morgan fingerprint density at radius 3 is 2.71 bits per heavy atom. The van der Waals surface area contributed by atoms with E-state index in [-0.39, 0.29) is 49.9 Å². The zero-order valence-electron chi connectivity index (χ0n) is 23.9. The van der Waals surface area contributed by atoms with Gasteiger partial charge < -0.3 is 29.3 Å². The Morgan fingerprint density at radius 1 is 1.22 bits per heavy atom. The molecule has 16 heteroatoms. The maximum absolute atomic E-state index is 14.3. The van der Waals surface area contributed by atoms with Crippen LogP contribution in [0.1, 0.15) is 30.7 Å². The Kier molecular flexibility index (Phi) is 8.24. The van der Waals surface area contributed by atoms with E-state index < -0.39 is 48.9 Å². The second-order valence-corrected chi connectivity index (χ2v) is 11.8. The van der Waals surface area contributed by atoms with Crippen molar-refractivity contribution in [2.75, 3.05) is 49.6 Å². The summed E-state index contributed by atoms with van der Waals surface area (Å²) in [6.07, 6.45) is -1.35. The van der Waals surface area contributed by atoms with E-state index >= 15 is 0 Å². The number of amides is 1. The Labute approximate surface area is 258 Å². The first-order valence-electron chi connectivity index (χ1n) is 14.0. The number of methoxy groups -OCH3 is 1. The Bertz CT molecular complexity index is 1620. The van der Waals surface area contributed by atoms with E-state index in [1.54, 1.807) is 23.6 Å². The first-order valence-corrected chi connectivity index (χ1v) is 14.9. The van der Waals surface area contributed by atoms with Crippen molar-refractivity contribution in [3.8, 4) is 16.5 Å². The predicted molar refractivity (Wildman–Crippen MR) is 156 cm³/mol. The number of ether oxygens (including phenoxy) is 2. The van der Waals surface area contributed by atoms with E-state index in [9.17, 15) is 32.3 Å². The predicted octanol–water partition coefficient (Wildman–Crippen LogP) is 4.96. The van der Waals surface area contributed by atoms with E-state index in [0.29, 0.717) is 22.7 Å². The third kappa shape index (κ3) is 6.36. The quantitative estimate of drug-likeness (QED) is 0.336. The number of halogens is 4. The number of carbonyl (C=O) groups is 2. The summed E-state index contributed by atoms with van der Waals surface area (Å²) < 4.78 is 67.1. The summed E-state index contributed by atoms with van der Waals surface area (Å²) in [4.78, 5) is 41.6. The fourth-order valence-corrected chi connectivity index (χ4v) is 6.37. The third-order valence-electron chi connectivity index (χ3n) is 7.88. The van der Waals surface area contributed by atoms with Crippen LogP contribution in [-0.4, -0.2) is 94.9 Å². The van der Waals surface area contributed by atoms with E-state index in [2.05, 4.69) is 15.0 Å². The number of rotatable bonds is 8. The van der Waals surface area contributed by atoms with Crippen molar-refractivity contribution in [3.05, 3.63) is 53.3 Å². The van der Waals surface area contributed by atoms with Gasteiger partial charge >= 0.3 is 12.1 Å². The molecule has 3 aromatic heterocycles. The number of hydrogen-bond acceptors (Lipinski definition) is 10. The number of nitrogens with zero attached hydrogens (tertiary/aromatic N) is 6. The number of carboxylic acids is 1. The molecule has 0 aliphatic carbocycles. The minimum atomic E-state index is -2.99. The topological polar surface area (TPSA) is 121 Å². The third-order valence-corrected chi connectivity index (χ3v) is 8.78. The van der Waals surface area contributed by atoms with Gasteiger partial charge in [-0.3, -0.25) is 0 Å². The Hall–Kier alpha value is -4.47. The molecule has 0 unspecified atom stereocenters. The van der Waals surface area contributed by atoms with Crippen molar-refractivity contribution in [3.63, 3.8) is 0 Å². The first-order chi connectivity index (χ1) is 21.5. The lowest BCUT2D eigenvalue weighted by atomic mass is 10.1. The number of pyridine rings is 1. The molecule has 2 saturated heterocycles. The van der Waals surface area contributed by atoms with Crippen molar-refractivity contribution in [2.45, 2.75) is 37.3 Å². The van der Waals surface area contributed by atoms with Gasteiger partial charge in [0.05, 0.1) is 30.8 Å². The van der Waals surface area contributed by atoms with Gasteiger partial charge in [0, 0.05) is 44.7 Å². The van der Waals surface area contributed by atoms with Crippen LogP contribution in [0.4, 0.5) is 33.9 Å². The Morgan fingerprint density at radius 2 is 2.04 bits per heavy atom. The van der Waals surface area contributed by atoms with Crippen LogP contribution < -0.4 is 14.5 Å². The van der Waals surface area contributed by atoms with Crippen molar-refractivity contribution in [1.29, 1.82) is 0 Å². The SMILES string of the molecule is COC(=O)N1CC=C(c2cnc(O[C@H]3C[C@@H](C(=O)O)N(c4cc(-c5cccs5)nc(C(F)F)n4)C3)c(N3CCC(F)(F)C3)c2)C1. The van der Waals surface area contributed by atoms with Crippen LogP contribution in [-0.2, 0) is 9.53 Å². The zero-order chi connectivity index (χ0) is 31.9. The molecule has 0 radical (unpaired) electrons. The molecule has 3 aromatic rings. The molecule has 0 bridgehead atoms. The fourth-order valence-electron chi connectivity index (χ4n) is 5.68. The van der Waals surface area contributed by atoms with E-state index in [4.69, 9.17) is 9.47 Å². The van der Waals surface area contributed by atoms with Crippen molar-refractivity contribution < 1.29 is 41.7 Å². The van der Waals surface area contributed by atoms with Gasteiger partial charge in [-0.2, -0.15) is 0 Å². The number of anilines is 2. The summed E-state index contributed by atoms with van der Waals surface area (Å²) >= 11 is 1.29. The molecule has 6 rings (SSSR count). The maximum atomic E-state index is 14.3. The largest absolute Gasteiger partial charge is 0.480 e. The molecule has 0 aromatic carbocycles. The first kappa shape index (κ1) is 30.6. The lowest BCUT2D eigenvalue weighted by molar-refractivity contribution is -0.138. The summed E-state index contributed by atoms with van der Waals surface area (Å²) in [5.41, 5.74) is 1.90. The lowest BCUT2D eigenvalue weighted by Gasteiger charge is -2.24. The molecule has 11 nitrogen and oxygen atoms in total. The number of aliphatic carboxylic acids is 1. The zero-order valence-corrected chi connectivity index (χ0v) is 24.7. The van der Waals surface area contributed by atoms with Crippen molar-refractivity contribution in [1.82, 2.24) is 19.9 Å². The number of alkyl halides is 4. The molecule has 238 valence electrons. The van der Waals surface area contributed by atoms with E-state index in [0.717, 1.165) is 5.57 Å². The average Bonchev–Trinajstić information content (AvgIpc) is 3.83. The van der Waals surface area contributed by atoms with Gasteiger partial charge in [0.2, 0.25) is 5.88 Å². The number of thiophene rings is 1. The Balaban J connectivity index is 1.29. The highest BCUT2D eigenvalue weighted by molar-refractivity contribution is 7.13. The summed E-state index contributed by atoms with van der Waals surface area (Å²) in [5, 5.41) is 11.8. The molecular formula is C29H28F4N6O5S. The molecule has 1 amide bonds. The number of carbonyl (C=O) groups excluding carboxylic acids is 1. The van der Waals surface area contributed by atoms with Gasteiger partial charge in [-0.1, -0.05) is 12.1 Å². The molecule has 0 spiro atoms. The lowest BCUT2D eigenvalue weighted by Crippen LogP contribution is -2.37. The van der Waals surface area contributed by atoms with Crippen molar-refractivity contribution >= 4 is 40.5 Å². The van der Waals surface area contributed by atoms with Crippen molar-refractivity contribution in [2.24, 2.45) is 0 Å². The average molecular weight is 649 g/mol. The fraction of sp³-hybridized carbons (Fsp3) is 0.414. The molecule has 3 aliphatic rings.